The predicted molar refractivity (Wildman–Crippen MR) is 123 cm³/mol. The number of hydrogen-bond acceptors (Lipinski definition) is 5. The van der Waals surface area contributed by atoms with Gasteiger partial charge in [0.1, 0.15) is 5.82 Å². The molecule has 0 N–H and O–H groups in total. The van der Waals surface area contributed by atoms with Gasteiger partial charge in [-0.25, -0.2) is 4.98 Å². The van der Waals surface area contributed by atoms with Crippen molar-refractivity contribution in [2.24, 2.45) is 0 Å². The molecule has 0 aliphatic rings. The standard InChI is InChI=1S/C23H36N4OS/c1-5-8-16-27(17-13-22(28)26(14-6-2)15-7-3)23-24-21(25-29-23)18-20-11-9-19(4)10-12-20/h9-12H,5-8,13-18H2,1-4H3. The third-order valence-electron chi connectivity index (χ3n) is 4.93. The summed E-state index contributed by atoms with van der Waals surface area (Å²) in [5, 5.41) is 0.936. The minimum Gasteiger partial charge on any atom is -0.346 e. The molecule has 0 fully saturated rings. The molecule has 0 aliphatic heterocycles. The molecule has 0 aliphatic carbocycles. The monoisotopic (exact) mass is 416 g/mol. The third kappa shape index (κ3) is 7.77. The summed E-state index contributed by atoms with van der Waals surface area (Å²) in [5.74, 6) is 1.11. The third-order valence-corrected chi connectivity index (χ3v) is 5.74. The summed E-state index contributed by atoms with van der Waals surface area (Å²) >= 11 is 1.45. The number of anilines is 1. The lowest BCUT2D eigenvalue weighted by Gasteiger charge is -2.25. The predicted octanol–water partition coefficient (Wildman–Crippen LogP) is 5.08. The van der Waals surface area contributed by atoms with Crippen LogP contribution in [0.4, 0.5) is 5.13 Å². The number of carbonyl (C=O) groups is 1. The summed E-state index contributed by atoms with van der Waals surface area (Å²) in [5.41, 5.74) is 2.49. The highest BCUT2D eigenvalue weighted by Gasteiger charge is 2.17. The number of benzene rings is 1. The van der Waals surface area contributed by atoms with Gasteiger partial charge in [-0.15, -0.1) is 0 Å². The molecular formula is C23H36N4OS. The fourth-order valence-corrected chi connectivity index (χ4v) is 4.01. The molecule has 5 nitrogen and oxygen atoms in total. The first-order chi connectivity index (χ1) is 14.1. The Morgan fingerprint density at radius 1 is 0.966 bits per heavy atom. The van der Waals surface area contributed by atoms with Crippen LogP contribution in [0, 0.1) is 6.92 Å². The van der Waals surface area contributed by atoms with Crippen molar-refractivity contribution in [1.82, 2.24) is 14.3 Å². The Kier molecular flexibility index (Phi) is 10.1. The summed E-state index contributed by atoms with van der Waals surface area (Å²) in [7, 11) is 0. The number of unbranched alkanes of at least 4 members (excludes halogenated alkanes) is 1. The van der Waals surface area contributed by atoms with Gasteiger partial charge in [0.15, 0.2) is 0 Å². The fraction of sp³-hybridized carbons (Fsp3) is 0.609. The highest BCUT2D eigenvalue weighted by molar-refractivity contribution is 7.09. The largest absolute Gasteiger partial charge is 0.346 e. The quantitative estimate of drug-likeness (QED) is 0.457. The Balaban J connectivity index is 2.00. The maximum atomic E-state index is 12.7. The Bertz CT molecular complexity index is 723. The topological polar surface area (TPSA) is 49.3 Å². The van der Waals surface area contributed by atoms with Gasteiger partial charge in [0.05, 0.1) is 0 Å². The second kappa shape index (κ2) is 12.6. The maximum Gasteiger partial charge on any atom is 0.224 e. The highest BCUT2D eigenvalue weighted by Crippen LogP contribution is 2.20. The van der Waals surface area contributed by atoms with Gasteiger partial charge >= 0.3 is 0 Å². The number of aryl methyl sites for hydroxylation is 1. The van der Waals surface area contributed by atoms with Gasteiger partial charge in [-0.05, 0) is 31.7 Å². The average Bonchev–Trinajstić information content (AvgIpc) is 3.17. The van der Waals surface area contributed by atoms with Crippen molar-refractivity contribution in [3.63, 3.8) is 0 Å². The Labute approximate surface area is 180 Å². The van der Waals surface area contributed by atoms with Crippen LogP contribution in [0.2, 0.25) is 0 Å². The molecule has 0 unspecified atom stereocenters. The molecule has 1 aromatic carbocycles. The zero-order valence-corrected chi connectivity index (χ0v) is 19.3. The van der Waals surface area contributed by atoms with Crippen LogP contribution in [0.1, 0.15) is 69.8 Å². The molecule has 2 rings (SSSR count). The van der Waals surface area contributed by atoms with E-state index < -0.39 is 0 Å². The van der Waals surface area contributed by atoms with Crippen LogP contribution in [0.3, 0.4) is 0 Å². The van der Waals surface area contributed by atoms with Crippen molar-refractivity contribution in [1.29, 1.82) is 0 Å². The number of amides is 1. The Morgan fingerprint density at radius 3 is 2.28 bits per heavy atom. The van der Waals surface area contributed by atoms with Crippen molar-refractivity contribution >= 4 is 22.6 Å². The van der Waals surface area contributed by atoms with E-state index in [4.69, 9.17) is 4.98 Å². The first-order valence-electron chi connectivity index (χ1n) is 11.0. The van der Waals surface area contributed by atoms with E-state index in [-0.39, 0.29) is 5.91 Å². The van der Waals surface area contributed by atoms with Crippen LogP contribution in [0.5, 0.6) is 0 Å². The summed E-state index contributed by atoms with van der Waals surface area (Å²) in [4.78, 5) is 21.7. The van der Waals surface area contributed by atoms with Gasteiger partial charge in [0.2, 0.25) is 11.0 Å². The number of rotatable bonds is 13. The molecule has 0 bridgehead atoms. The van der Waals surface area contributed by atoms with Crippen molar-refractivity contribution in [2.45, 2.75) is 66.2 Å². The normalized spacial score (nSPS) is 10.9. The van der Waals surface area contributed by atoms with E-state index in [1.54, 1.807) is 0 Å². The summed E-state index contributed by atoms with van der Waals surface area (Å²) in [6.07, 6.45) is 5.51. The fourth-order valence-electron chi connectivity index (χ4n) is 3.28. The molecule has 1 aromatic heterocycles. The van der Waals surface area contributed by atoms with Crippen molar-refractivity contribution in [3.8, 4) is 0 Å². The van der Waals surface area contributed by atoms with Crippen LogP contribution < -0.4 is 4.90 Å². The first-order valence-corrected chi connectivity index (χ1v) is 11.8. The number of hydrogen-bond donors (Lipinski definition) is 0. The summed E-state index contributed by atoms with van der Waals surface area (Å²) in [6.45, 7) is 11.9. The molecule has 160 valence electrons. The number of aromatic nitrogens is 2. The zero-order valence-electron chi connectivity index (χ0n) is 18.5. The highest BCUT2D eigenvalue weighted by atomic mass is 32.1. The summed E-state index contributed by atoms with van der Waals surface area (Å²) < 4.78 is 4.58. The molecule has 0 radical (unpaired) electrons. The number of nitrogens with zero attached hydrogens (tertiary/aromatic N) is 4. The minimum atomic E-state index is 0.250. The van der Waals surface area contributed by atoms with Gasteiger partial charge < -0.3 is 9.80 Å². The smallest absolute Gasteiger partial charge is 0.224 e. The SMILES string of the molecule is CCCCN(CCC(=O)N(CCC)CCC)c1nc(Cc2ccc(C)cc2)ns1. The lowest BCUT2D eigenvalue weighted by Crippen LogP contribution is -2.36. The second-order valence-electron chi connectivity index (χ2n) is 7.63. The first kappa shape index (κ1) is 23.3. The van der Waals surface area contributed by atoms with E-state index in [1.165, 1.54) is 22.7 Å². The van der Waals surface area contributed by atoms with Gasteiger partial charge in [0, 0.05) is 50.6 Å². The number of carbonyl (C=O) groups excluding carboxylic acids is 1. The molecule has 2 aromatic rings. The molecule has 1 amide bonds. The van der Waals surface area contributed by atoms with Gasteiger partial charge in [-0.1, -0.05) is 57.0 Å². The van der Waals surface area contributed by atoms with Crippen molar-refractivity contribution < 1.29 is 4.79 Å². The lowest BCUT2D eigenvalue weighted by molar-refractivity contribution is -0.131. The van der Waals surface area contributed by atoms with Gasteiger partial charge in [-0.3, -0.25) is 4.79 Å². The van der Waals surface area contributed by atoms with Crippen LogP contribution in [-0.4, -0.2) is 46.3 Å². The van der Waals surface area contributed by atoms with Gasteiger partial charge in [-0.2, -0.15) is 4.37 Å². The molecular weight excluding hydrogens is 380 g/mol. The van der Waals surface area contributed by atoms with Crippen LogP contribution in [0.25, 0.3) is 0 Å². The van der Waals surface area contributed by atoms with Crippen molar-refractivity contribution in [2.75, 3.05) is 31.1 Å². The van der Waals surface area contributed by atoms with E-state index in [0.29, 0.717) is 13.0 Å². The van der Waals surface area contributed by atoms with E-state index in [2.05, 4.69) is 61.2 Å². The molecule has 0 saturated heterocycles. The van der Waals surface area contributed by atoms with E-state index >= 15 is 0 Å². The van der Waals surface area contributed by atoms with Crippen LogP contribution in [0.15, 0.2) is 24.3 Å². The lowest BCUT2D eigenvalue weighted by atomic mass is 10.1. The Hall–Kier alpha value is -1.95. The van der Waals surface area contributed by atoms with E-state index in [0.717, 1.165) is 62.7 Å². The second-order valence-corrected chi connectivity index (χ2v) is 8.36. The molecule has 29 heavy (non-hydrogen) atoms. The molecule has 6 heteroatoms. The van der Waals surface area contributed by atoms with Crippen molar-refractivity contribution in [3.05, 3.63) is 41.2 Å². The van der Waals surface area contributed by atoms with Crippen LogP contribution in [-0.2, 0) is 11.2 Å². The van der Waals surface area contributed by atoms with Gasteiger partial charge in [0.25, 0.3) is 0 Å². The summed E-state index contributed by atoms with van der Waals surface area (Å²) in [6, 6.07) is 8.53. The molecule has 0 atom stereocenters. The molecule has 0 spiro atoms. The van der Waals surface area contributed by atoms with Crippen LogP contribution >= 0.6 is 11.5 Å². The van der Waals surface area contributed by atoms with E-state index in [1.807, 2.05) is 4.90 Å². The maximum absolute atomic E-state index is 12.7. The minimum absolute atomic E-state index is 0.250. The zero-order chi connectivity index (χ0) is 21.1. The Morgan fingerprint density at radius 2 is 1.66 bits per heavy atom. The molecule has 1 heterocycles. The molecule has 0 saturated carbocycles. The van der Waals surface area contributed by atoms with E-state index in [9.17, 15) is 4.79 Å². The average molecular weight is 417 g/mol.